The van der Waals surface area contributed by atoms with Crippen LogP contribution in [0.25, 0.3) is 0 Å². The Morgan fingerprint density at radius 1 is 1.44 bits per heavy atom. The summed E-state index contributed by atoms with van der Waals surface area (Å²) < 4.78 is 0. The van der Waals surface area contributed by atoms with Gasteiger partial charge in [0.15, 0.2) is 0 Å². The monoisotopic (exact) mass is 244 g/mol. The second-order valence-electron chi connectivity index (χ2n) is 4.42. The van der Waals surface area contributed by atoms with E-state index in [1.165, 1.54) is 24.3 Å². The molecule has 1 amide bonds. The van der Waals surface area contributed by atoms with Gasteiger partial charge in [0.1, 0.15) is 0 Å². The molecule has 0 radical (unpaired) electrons. The average Bonchev–Trinajstić information content (AvgIpc) is 2.30. The third-order valence-corrected chi connectivity index (χ3v) is 3.98. The van der Waals surface area contributed by atoms with E-state index in [1.54, 1.807) is 0 Å². The van der Waals surface area contributed by atoms with Crippen molar-refractivity contribution in [1.29, 1.82) is 0 Å². The summed E-state index contributed by atoms with van der Waals surface area (Å²) >= 11 is 2.01. The number of hydrogen-bond acceptors (Lipinski definition) is 3. The topological polar surface area (TPSA) is 41.1 Å². The maximum Gasteiger partial charge on any atom is 0.236 e. The second kappa shape index (κ2) is 7.96. The predicted octanol–water partition coefficient (Wildman–Crippen LogP) is 1.78. The normalized spacial score (nSPS) is 19.4. The van der Waals surface area contributed by atoms with Crippen LogP contribution in [0, 0.1) is 0 Å². The van der Waals surface area contributed by atoms with E-state index >= 15 is 0 Å². The Hall–Kier alpha value is -0.220. The molecular formula is C12H24N2OS. The Morgan fingerprint density at radius 2 is 2.12 bits per heavy atom. The SMILES string of the molecule is CCCCNC(=O)C(C)NC1CCSCC1. The first-order chi connectivity index (χ1) is 7.74. The highest BCUT2D eigenvalue weighted by atomic mass is 32.2. The quantitative estimate of drug-likeness (QED) is 0.700. The summed E-state index contributed by atoms with van der Waals surface area (Å²) in [6.45, 7) is 4.90. The highest BCUT2D eigenvalue weighted by molar-refractivity contribution is 7.99. The van der Waals surface area contributed by atoms with E-state index in [0.29, 0.717) is 6.04 Å². The van der Waals surface area contributed by atoms with Crippen molar-refractivity contribution in [3.63, 3.8) is 0 Å². The number of unbranched alkanes of at least 4 members (excludes halogenated alkanes) is 1. The molecule has 1 unspecified atom stereocenters. The van der Waals surface area contributed by atoms with Crippen LogP contribution in [0.5, 0.6) is 0 Å². The largest absolute Gasteiger partial charge is 0.355 e. The molecule has 2 N–H and O–H groups in total. The van der Waals surface area contributed by atoms with Crippen LogP contribution in [-0.4, -0.2) is 36.0 Å². The van der Waals surface area contributed by atoms with E-state index in [1.807, 2.05) is 18.7 Å². The van der Waals surface area contributed by atoms with E-state index in [2.05, 4.69) is 17.6 Å². The Morgan fingerprint density at radius 3 is 2.75 bits per heavy atom. The summed E-state index contributed by atoms with van der Waals surface area (Å²) in [7, 11) is 0. The zero-order valence-electron chi connectivity index (χ0n) is 10.4. The van der Waals surface area contributed by atoms with Gasteiger partial charge >= 0.3 is 0 Å². The lowest BCUT2D eigenvalue weighted by Gasteiger charge is -2.25. The molecule has 1 aliphatic rings. The highest BCUT2D eigenvalue weighted by Gasteiger charge is 2.19. The molecule has 1 fully saturated rings. The average molecular weight is 244 g/mol. The van der Waals surface area contributed by atoms with Crippen LogP contribution in [0.3, 0.4) is 0 Å². The van der Waals surface area contributed by atoms with Gasteiger partial charge in [-0.1, -0.05) is 13.3 Å². The van der Waals surface area contributed by atoms with Crippen molar-refractivity contribution < 1.29 is 4.79 Å². The van der Waals surface area contributed by atoms with E-state index in [0.717, 1.165) is 19.4 Å². The molecule has 0 bridgehead atoms. The van der Waals surface area contributed by atoms with Crippen LogP contribution in [0.4, 0.5) is 0 Å². The minimum Gasteiger partial charge on any atom is -0.355 e. The standard InChI is InChI=1S/C12H24N2OS/c1-3-4-7-13-12(15)10(2)14-11-5-8-16-9-6-11/h10-11,14H,3-9H2,1-2H3,(H,13,15). The Balaban J connectivity index is 2.16. The number of carbonyl (C=O) groups is 1. The van der Waals surface area contributed by atoms with Crippen molar-refractivity contribution in [3.05, 3.63) is 0 Å². The van der Waals surface area contributed by atoms with Gasteiger partial charge < -0.3 is 10.6 Å². The fourth-order valence-electron chi connectivity index (χ4n) is 1.83. The molecule has 1 saturated heterocycles. The van der Waals surface area contributed by atoms with Crippen molar-refractivity contribution in [2.24, 2.45) is 0 Å². The maximum atomic E-state index is 11.7. The number of thioether (sulfide) groups is 1. The first-order valence-corrected chi connectivity index (χ1v) is 7.51. The third-order valence-electron chi connectivity index (χ3n) is 2.93. The minimum atomic E-state index is -0.0510. The third kappa shape index (κ3) is 5.21. The van der Waals surface area contributed by atoms with Crippen molar-refractivity contribution in [3.8, 4) is 0 Å². The summed E-state index contributed by atoms with van der Waals surface area (Å²) in [5.74, 6) is 2.59. The lowest BCUT2D eigenvalue weighted by Crippen LogP contribution is -2.47. The van der Waals surface area contributed by atoms with Gasteiger partial charge in [0, 0.05) is 12.6 Å². The maximum absolute atomic E-state index is 11.7. The summed E-state index contributed by atoms with van der Waals surface area (Å²) in [6.07, 6.45) is 4.58. The Kier molecular flexibility index (Phi) is 6.88. The van der Waals surface area contributed by atoms with Crippen molar-refractivity contribution in [2.75, 3.05) is 18.1 Å². The summed E-state index contributed by atoms with van der Waals surface area (Å²) in [5.41, 5.74) is 0. The summed E-state index contributed by atoms with van der Waals surface area (Å²) in [5, 5.41) is 6.39. The van der Waals surface area contributed by atoms with Crippen LogP contribution >= 0.6 is 11.8 Å². The van der Waals surface area contributed by atoms with Crippen molar-refractivity contribution >= 4 is 17.7 Å². The van der Waals surface area contributed by atoms with Gasteiger partial charge in [0.25, 0.3) is 0 Å². The van der Waals surface area contributed by atoms with E-state index in [9.17, 15) is 4.79 Å². The van der Waals surface area contributed by atoms with Crippen LogP contribution in [0.15, 0.2) is 0 Å². The molecule has 1 rings (SSSR count). The van der Waals surface area contributed by atoms with E-state index < -0.39 is 0 Å². The van der Waals surface area contributed by atoms with Gasteiger partial charge in [-0.05, 0) is 37.7 Å². The molecule has 0 aliphatic carbocycles. The minimum absolute atomic E-state index is 0.0510. The van der Waals surface area contributed by atoms with Gasteiger partial charge in [-0.25, -0.2) is 0 Å². The molecule has 1 heterocycles. The van der Waals surface area contributed by atoms with Crippen molar-refractivity contribution in [2.45, 2.75) is 51.6 Å². The number of carbonyl (C=O) groups excluding carboxylic acids is 1. The molecule has 0 aromatic carbocycles. The van der Waals surface area contributed by atoms with E-state index in [4.69, 9.17) is 0 Å². The van der Waals surface area contributed by atoms with Gasteiger partial charge in [-0.3, -0.25) is 4.79 Å². The van der Waals surface area contributed by atoms with Crippen LogP contribution < -0.4 is 10.6 Å². The van der Waals surface area contributed by atoms with Crippen LogP contribution in [-0.2, 0) is 4.79 Å². The molecule has 1 aliphatic heterocycles. The van der Waals surface area contributed by atoms with Crippen LogP contribution in [0.1, 0.15) is 39.5 Å². The first-order valence-electron chi connectivity index (χ1n) is 6.35. The zero-order valence-corrected chi connectivity index (χ0v) is 11.2. The van der Waals surface area contributed by atoms with E-state index in [-0.39, 0.29) is 11.9 Å². The zero-order chi connectivity index (χ0) is 11.8. The molecule has 16 heavy (non-hydrogen) atoms. The number of nitrogens with one attached hydrogen (secondary N) is 2. The smallest absolute Gasteiger partial charge is 0.236 e. The highest BCUT2D eigenvalue weighted by Crippen LogP contribution is 2.17. The van der Waals surface area contributed by atoms with Gasteiger partial charge in [0.2, 0.25) is 5.91 Å². The molecule has 3 nitrogen and oxygen atoms in total. The fraction of sp³-hybridized carbons (Fsp3) is 0.917. The lowest BCUT2D eigenvalue weighted by atomic mass is 10.1. The molecule has 94 valence electrons. The summed E-state index contributed by atoms with van der Waals surface area (Å²) in [6, 6.07) is 0.484. The molecule has 0 aromatic rings. The molecular weight excluding hydrogens is 220 g/mol. The predicted molar refractivity (Wildman–Crippen MR) is 70.9 cm³/mol. The number of rotatable bonds is 6. The molecule has 0 aromatic heterocycles. The Bertz CT molecular complexity index is 205. The van der Waals surface area contributed by atoms with Crippen LogP contribution in [0.2, 0.25) is 0 Å². The fourth-order valence-corrected chi connectivity index (χ4v) is 2.94. The molecule has 4 heteroatoms. The summed E-state index contributed by atoms with van der Waals surface area (Å²) in [4.78, 5) is 11.7. The number of amides is 1. The van der Waals surface area contributed by atoms with Crippen molar-refractivity contribution in [1.82, 2.24) is 10.6 Å². The second-order valence-corrected chi connectivity index (χ2v) is 5.64. The number of hydrogen-bond donors (Lipinski definition) is 2. The molecule has 0 spiro atoms. The first kappa shape index (κ1) is 13.8. The lowest BCUT2D eigenvalue weighted by molar-refractivity contribution is -0.122. The van der Waals surface area contributed by atoms with Gasteiger partial charge in [0.05, 0.1) is 6.04 Å². The van der Waals surface area contributed by atoms with Gasteiger partial charge in [-0.2, -0.15) is 11.8 Å². The van der Waals surface area contributed by atoms with Gasteiger partial charge in [-0.15, -0.1) is 0 Å². The molecule has 0 saturated carbocycles. The molecule has 1 atom stereocenters. The Labute approximate surface area is 103 Å².